The minimum Gasteiger partial charge on any atom is -1.00 e. The Kier molecular flexibility index (Phi) is 6.08. The Morgan fingerprint density at radius 3 is 2.44 bits per heavy atom. The van der Waals surface area contributed by atoms with E-state index in [0.717, 1.165) is 17.0 Å². The molecule has 0 atom stereocenters. The molecule has 8 heteroatoms. The highest BCUT2D eigenvalue weighted by Gasteiger charge is 2.08. The van der Waals surface area contributed by atoms with Gasteiger partial charge in [0.15, 0.2) is 12.4 Å². The molecule has 0 aliphatic heterocycles. The van der Waals surface area contributed by atoms with E-state index >= 15 is 0 Å². The van der Waals surface area contributed by atoms with Crippen molar-refractivity contribution in [2.75, 3.05) is 12.8 Å². The van der Waals surface area contributed by atoms with E-state index in [9.17, 15) is 0 Å². The molecule has 3 rings (SSSR count). The smallest absolute Gasteiger partial charge is 0.168 e. The second-order valence-corrected chi connectivity index (χ2v) is 5.34. The monoisotopic (exact) mass is 358 g/mol. The number of pyridine rings is 1. The first-order chi connectivity index (χ1) is 11.7. The summed E-state index contributed by atoms with van der Waals surface area (Å²) >= 11 is 0. The number of anilines is 1. The zero-order valence-corrected chi connectivity index (χ0v) is 14.8. The summed E-state index contributed by atoms with van der Waals surface area (Å²) < 4.78 is 8.79. The summed E-state index contributed by atoms with van der Waals surface area (Å²) in [6, 6.07) is 11.4. The van der Waals surface area contributed by atoms with Gasteiger partial charge in [-0.3, -0.25) is 0 Å². The normalized spacial score (nSPS) is 10.6. The van der Waals surface area contributed by atoms with Crippen molar-refractivity contribution < 1.29 is 21.7 Å². The van der Waals surface area contributed by atoms with Crippen LogP contribution in [0.2, 0.25) is 0 Å². The molecule has 0 bridgehead atoms. The lowest BCUT2D eigenvalue weighted by molar-refractivity contribution is -0.671. The number of azo groups is 1. The zero-order chi connectivity index (χ0) is 16.9. The van der Waals surface area contributed by atoms with Gasteiger partial charge in [-0.2, -0.15) is 10.2 Å². The van der Waals surface area contributed by atoms with Gasteiger partial charge in [-0.1, -0.05) is 0 Å². The van der Waals surface area contributed by atoms with E-state index in [1.165, 1.54) is 0 Å². The van der Waals surface area contributed by atoms with Crippen LogP contribution in [-0.2, 0) is 13.6 Å². The molecule has 2 aromatic heterocycles. The van der Waals surface area contributed by atoms with E-state index in [0.29, 0.717) is 18.1 Å². The van der Waals surface area contributed by atoms with Gasteiger partial charge in [0.25, 0.3) is 0 Å². The van der Waals surface area contributed by atoms with Crippen molar-refractivity contribution in [3.05, 3.63) is 60.6 Å². The van der Waals surface area contributed by atoms with Crippen molar-refractivity contribution in [1.29, 1.82) is 0 Å². The van der Waals surface area contributed by atoms with E-state index in [1.807, 2.05) is 60.4 Å². The second-order valence-electron chi connectivity index (χ2n) is 5.34. The van der Waals surface area contributed by atoms with Crippen LogP contribution in [0.25, 0.3) is 0 Å². The average molecular weight is 359 g/mol. The van der Waals surface area contributed by atoms with Gasteiger partial charge in [0.1, 0.15) is 24.3 Å². The fourth-order valence-electron chi connectivity index (χ4n) is 2.16. The SMILES string of the molecule is COc1ccc(N=Nc2cnn(Cc3cc[n+](C)cc3)c2N)cc1.[Cl-]. The van der Waals surface area contributed by atoms with Crippen molar-refractivity contribution in [3.63, 3.8) is 0 Å². The Morgan fingerprint density at radius 1 is 1.12 bits per heavy atom. The number of hydrogen-bond donors (Lipinski definition) is 1. The highest BCUT2D eigenvalue weighted by atomic mass is 35.5. The Balaban J connectivity index is 0.00000225. The number of nitrogen functional groups attached to an aromatic ring is 1. The van der Waals surface area contributed by atoms with Crippen LogP contribution in [0, 0.1) is 0 Å². The van der Waals surface area contributed by atoms with Crippen LogP contribution in [-0.4, -0.2) is 16.9 Å². The van der Waals surface area contributed by atoms with Crippen LogP contribution in [0.1, 0.15) is 5.56 Å². The molecule has 2 N–H and O–H groups in total. The van der Waals surface area contributed by atoms with Gasteiger partial charge >= 0.3 is 0 Å². The zero-order valence-electron chi connectivity index (χ0n) is 14.0. The van der Waals surface area contributed by atoms with Gasteiger partial charge in [0.2, 0.25) is 0 Å². The molecule has 0 fully saturated rings. The van der Waals surface area contributed by atoms with E-state index in [4.69, 9.17) is 10.5 Å². The standard InChI is InChI=1S/C17H19N6O.ClH/c1-22-9-7-13(8-10-22)12-23-17(18)16(11-19-23)21-20-14-3-5-15(24-2)6-4-14;/h3-11H,12,18H2,1-2H3;1H/q+1;/p-1. The summed E-state index contributed by atoms with van der Waals surface area (Å²) in [5.74, 6) is 1.26. The number of rotatable bonds is 5. The molecular weight excluding hydrogens is 340 g/mol. The first kappa shape index (κ1) is 18.4. The Morgan fingerprint density at radius 2 is 1.80 bits per heavy atom. The predicted molar refractivity (Wildman–Crippen MR) is 90.5 cm³/mol. The molecule has 130 valence electrons. The van der Waals surface area contributed by atoms with Crippen LogP contribution in [0.4, 0.5) is 17.2 Å². The lowest BCUT2D eigenvalue weighted by Gasteiger charge is -2.03. The van der Waals surface area contributed by atoms with Crippen molar-refractivity contribution in [2.24, 2.45) is 17.3 Å². The molecule has 0 aliphatic rings. The number of nitrogens with two attached hydrogens (primary N) is 1. The molecule has 0 saturated heterocycles. The quantitative estimate of drug-likeness (QED) is 0.505. The first-order valence-electron chi connectivity index (χ1n) is 7.47. The molecule has 0 radical (unpaired) electrons. The number of nitrogens with zero attached hydrogens (tertiary/aromatic N) is 5. The van der Waals surface area contributed by atoms with Crippen LogP contribution in [0.5, 0.6) is 5.75 Å². The highest BCUT2D eigenvalue weighted by Crippen LogP contribution is 2.25. The molecule has 0 amide bonds. The summed E-state index contributed by atoms with van der Waals surface area (Å²) in [4.78, 5) is 0. The van der Waals surface area contributed by atoms with Gasteiger partial charge in [-0.05, 0) is 29.8 Å². The minimum absolute atomic E-state index is 0. The molecule has 0 saturated carbocycles. The molecule has 0 aliphatic carbocycles. The van der Waals surface area contributed by atoms with Crippen molar-refractivity contribution in [2.45, 2.75) is 6.54 Å². The minimum atomic E-state index is 0. The summed E-state index contributed by atoms with van der Waals surface area (Å²) in [6.45, 7) is 0.588. The maximum Gasteiger partial charge on any atom is 0.168 e. The molecule has 3 aromatic rings. The molecular formula is C17H19ClN6O. The summed E-state index contributed by atoms with van der Waals surface area (Å²) in [6.07, 6.45) is 5.59. The number of benzene rings is 1. The predicted octanol–water partition coefficient (Wildman–Crippen LogP) is -0.234. The summed E-state index contributed by atoms with van der Waals surface area (Å²) in [5, 5.41) is 12.6. The molecule has 7 nitrogen and oxygen atoms in total. The molecule has 25 heavy (non-hydrogen) atoms. The third kappa shape index (κ3) is 4.54. The molecule has 0 unspecified atom stereocenters. The van der Waals surface area contributed by atoms with Gasteiger partial charge < -0.3 is 22.9 Å². The highest BCUT2D eigenvalue weighted by molar-refractivity contribution is 5.56. The van der Waals surface area contributed by atoms with Crippen LogP contribution >= 0.6 is 0 Å². The third-order valence-electron chi connectivity index (χ3n) is 3.59. The van der Waals surface area contributed by atoms with Crippen LogP contribution in [0.3, 0.4) is 0 Å². The number of hydrogen-bond acceptors (Lipinski definition) is 5. The van der Waals surface area contributed by atoms with Crippen molar-refractivity contribution in [1.82, 2.24) is 9.78 Å². The molecule has 2 heterocycles. The van der Waals surface area contributed by atoms with Crippen LogP contribution in [0.15, 0.2) is 65.2 Å². The number of methoxy groups -OCH3 is 1. The maximum atomic E-state index is 6.11. The lowest BCUT2D eigenvalue weighted by atomic mass is 10.3. The maximum absolute atomic E-state index is 6.11. The molecule has 1 aromatic carbocycles. The fourth-order valence-corrected chi connectivity index (χ4v) is 2.16. The van der Waals surface area contributed by atoms with Gasteiger partial charge in [0.05, 0.1) is 25.5 Å². The lowest BCUT2D eigenvalue weighted by Crippen LogP contribution is -3.00. The largest absolute Gasteiger partial charge is 1.00 e. The summed E-state index contributed by atoms with van der Waals surface area (Å²) in [5.41, 5.74) is 8.49. The van der Waals surface area contributed by atoms with E-state index in [-0.39, 0.29) is 12.4 Å². The first-order valence-corrected chi connectivity index (χ1v) is 7.47. The van der Waals surface area contributed by atoms with Crippen molar-refractivity contribution >= 4 is 17.2 Å². The average Bonchev–Trinajstić information content (AvgIpc) is 2.95. The Hall–Kier alpha value is -2.93. The van der Waals surface area contributed by atoms with Gasteiger partial charge in [0, 0.05) is 12.1 Å². The Labute approximate surface area is 152 Å². The summed E-state index contributed by atoms with van der Waals surface area (Å²) in [7, 11) is 3.60. The second kappa shape index (κ2) is 8.25. The Bertz CT molecular complexity index is 843. The van der Waals surface area contributed by atoms with Crippen molar-refractivity contribution in [3.8, 4) is 5.75 Å². The van der Waals surface area contributed by atoms with Crippen LogP contribution < -0.4 is 27.4 Å². The van der Waals surface area contributed by atoms with Gasteiger partial charge in [-0.15, -0.1) is 5.11 Å². The van der Waals surface area contributed by atoms with E-state index in [1.54, 1.807) is 18.0 Å². The van der Waals surface area contributed by atoms with Gasteiger partial charge in [-0.25, -0.2) is 9.25 Å². The van der Waals surface area contributed by atoms with E-state index in [2.05, 4.69) is 15.3 Å². The number of ether oxygens (including phenoxy) is 1. The fraction of sp³-hybridized carbons (Fsp3) is 0.176. The van der Waals surface area contributed by atoms with E-state index < -0.39 is 0 Å². The third-order valence-corrected chi connectivity index (χ3v) is 3.59. The number of aromatic nitrogens is 3. The topological polar surface area (TPSA) is 81.7 Å². The number of halogens is 1. The number of aryl methyl sites for hydroxylation is 1. The molecule has 0 spiro atoms.